The van der Waals surface area contributed by atoms with E-state index in [1.807, 2.05) is 25.9 Å². The monoisotopic (exact) mass is 345 g/mol. The van der Waals surface area contributed by atoms with Crippen LogP contribution in [-0.2, 0) is 14.8 Å². The molecule has 6 nitrogen and oxygen atoms in total. The molecule has 2 unspecified atom stereocenters. The maximum atomic E-state index is 12.6. The van der Waals surface area contributed by atoms with Crippen LogP contribution in [0.15, 0.2) is 21.7 Å². The van der Waals surface area contributed by atoms with Crippen molar-refractivity contribution in [2.24, 2.45) is 0 Å². The van der Waals surface area contributed by atoms with Crippen molar-refractivity contribution in [1.29, 1.82) is 0 Å². The summed E-state index contributed by atoms with van der Waals surface area (Å²) in [6.45, 7) is 2.92. The molecule has 0 aliphatic carbocycles. The lowest BCUT2D eigenvalue weighted by Gasteiger charge is -2.25. The number of nitrogens with one attached hydrogen (secondary N) is 1. The maximum Gasteiger partial charge on any atom is 0.253 e. The molecule has 124 valence electrons. The number of hydrogen-bond acceptors (Lipinski definition) is 5. The van der Waals surface area contributed by atoms with E-state index in [1.54, 1.807) is 17.5 Å². The Labute approximate surface area is 136 Å². The molecule has 1 saturated heterocycles. The summed E-state index contributed by atoms with van der Waals surface area (Å²) in [4.78, 5) is 14.4. The van der Waals surface area contributed by atoms with Crippen LogP contribution in [0.1, 0.15) is 19.8 Å². The third kappa shape index (κ3) is 3.68. The largest absolute Gasteiger partial charge is 0.353 e. The topological polar surface area (TPSA) is 69.7 Å². The Morgan fingerprint density at radius 2 is 2.27 bits per heavy atom. The number of amides is 1. The van der Waals surface area contributed by atoms with Crippen LogP contribution in [0.2, 0.25) is 0 Å². The number of carbonyl (C=O) groups excluding carboxylic acids is 1. The zero-order valence-electron chi connectivity index (χ0n) is 13.2. The average Bonchev–Trinajstić information content (AvgIpc) is 3.14. The predicted octanol–water partition coefficient (Wildman–Crippen LogP) is 0.968. The van der Waals surface area contributed by atoms with Gasteiger partial charge in [0, 0.05) is 19.1 Å². The first-order valence-corrected chi connectivity index (χ1v) is 9.65. The van der Waals surface area contributed by atoms with Gasteiger partial charge in [0.05, 0.1) is 0 Å². The third-order valence-electron chi connectivity index (χ3n) is 4.02. The first kappa shape index (κ1) is 17.4. The van der Waals surface area contributed by atoms with Gasteiger partial charge in [-0.25, -0.2) is 8.42 Å². The normalized spacial score (nSPS) is 21.2. The molecule has 1 fully saturated rings. The van der Waals surface area contributed by atoms with Crippen molar-refractivity contribution in [1.82, 2.24) is 14.5 Å². The average molecular weight is 345 g/mol. The van der Waals surface area contributed by atoms with Crippen molar-refractivity contribution >= 4 is 27.3 Å². The predicted molar refractivity (Wildman–Crippen MR) is 87.4 cm³/mol. The molecule has 2 rings (SSSR count). The van der Waals surface area contributed by atoms with Gasteiger partial charge in [-0.2, -0.15) is 4.31 Å². The van der Waals surface area contributed by atoms with Crippen LogP contribution in [0, 0.1) is 0 Å². The fourth-order valence-corrected chi connectivity index (χ4v) is 5.14. The van der Waals surface area contributed by atoms with Gasteiger partial charge in [-0.1, -0.05) is 6.07 Å². The summed E-state index contributed by atoms with van der Waals surface area (Å²) in [6, 6.07) is 2.90. The fraction of sp³-hybridized carbons (Fsp3) is 0.643. The van der Waals surface area contributed by atoms with E-state index < -0.39 is 16.1 Å². The molecule has 0 aromatic carbocycles. The highest BCUT2D eigenvalue weighted by Crippen LogP contribution is 2.28. The minimum Gasteiger partial charge on any atom is -0.353 e. The lowest BCUT2D eigenvalue weighted by Crippen LogP contribution is -2.48. The highest BCUT2D eigenvalue weighted by atomic mass is 32.2. The molecule has 1 N–H and O–H groups in total. The second-order valence-corrected chi connectivity index (χ2v) is 8.83. The molecule has 0 saturated carbocycles. The van der Waals surface area contributed by atoms with Crippen LogP contribution in [0.5, 0.6) is 0 Å². The number of nitrogens with zero attached hydrogens (tertiary/aromatic N) is 2. The van der Waals surface area contributed by atoms with Crippen LogP contribution < -0.4 is 5.32 Å². The Morgan fingerprint density at radius 3 is 2.86 bits per heavy atom. The van der Waals surface area contributed by atoms with Gasteiger partial charge < -0.3 is 10.2 Å². The van der Waals surface area contributed by atoms with Gasteiger partial charge in [-0.15, -0.1) is 11.3 Å². The standard InChI is InChI=1S/C14H23N3O3S2/c1-11(16(2)3)10-15-14(18)12-6-4-8-17(12)22(19,20)13-7-5-9-21-13/h5,7,9,11-12H,4,6,8,10H2,1-3H3,(H,15,18). The SMILES string of the molecule is CC(CNC(=O)C1CCCN1S(=O)(=O)c1cccs1)N(C)C. The molecule has 1 aliphatic rings. The summed E-state index contributed by atoms with van der Waals surface area (Å²) in [5.41, 5.74) is 0. The first-order chi connectivity index (χ1) is 10.3. The van der Waals surface area contributed by atoms with Crippen molar-refractivity contribution in [2.45, 2.75) is 36.1 Å². The Balaban J connectivity index is 2.06. The van der Waals surface area contributed by atoms with E-state index in [4.69, 9.17) is 0 Å². The third-order valence-corrected chi connectivity index (χ3v) is 7.30. The van der Waals surface area contributed by atoms with E-state index in [2.05, 4.69) is 5.32 Å². The molecule has 1 amide bonds. The number of carbonyl (C=O) groups is 1. The van der Waals surface area contributed by atoms with Gasteiger partial charge in [-0.3, -0.25) is 4.79 Å². The van der Waals surface area contributed by atoms with E-state index >= 15 is 0 Å². The van der Waals surface area contributed by atoms with Crippen molar-refractivity contribution in [3.8, 4) is 0 Å². The number of likely N-dealkylation sites (N-methyl/N-ethyl adjacent to an activating group) is 1. The van der Waals surface area contributed by atoms with Gasteiger partial charge in [-0.05, 0) is 45.3 Å². The van der Waals surface area contributed by atoms with E-state index in [0.717, 1.165) is 0 Å². The van der Waals surface area contributed by atoms with E-state index in [9.17, 15) is 13.2 Å². The summed E-state index contributed by atoms with van der Waals surface area (Å²) in [5, 5.41) is 4.60. The summed E-state index contributed by atoms with van der Waals surface area (Å²) in [5.74, 6) is -0.202. The molecular formula is C14H23N3O3S2. The summed E-state index contributed by atoms with van der Waals surface area (Å²) in [7, 11) is 0.325. The van der Waals surface area contributed by atoms with Gasteiger partial charge in [0.15, 0.2) is 0 Å². The molecule has 22 heavy (non-hydrogen) atoms. The van der Waals surface area contributed by atoms with Crippen molar-refractivity contribution < 1.29 is 13.2 Å². The van der Waals surface area contributed by atoms with Gasteiger partial charge >= 0.3 is 0 Å². The second kappa shape index (κ2) is 7.08. The Hall–Kier alpha value is -0.960. The quantitative estimate of drug-likeness (QED) is 0.834. The van der Waals surface area contributed by atoms with E-state index in [0.29, 0.717) is 30.1 Å². The molecule has 2 atom stereocenters. The Kier molecular flexibility index (Phi) is 5.60. The van der Waals surface area contributed by atoms with Gasteiger partial charge in [0.2, 0.25) is 5.91 Å². The summed E-state index contributed by atoms with van der Waals surface area (Å²) in [6.07, 6.45) is 1.29. The van der Waals surface area contributed by atoms with Crippen LogP contribution in [-0.4, -0.2) is 62.8 Å². The number of thiophene rings is 1. The Morgan fingerprint density at radius 1 is 1.55 bits per heavy atom. The minimum atomic E-state index is -3.56. The van der Waals surface area contributed by atoms with Crippen LogP contribution in [0.4, 0.5) is 0 Å². The minimum absolute atomic E-state index is 0.202. The van der Waals surface area contributed by atoms with Crippen LogP contribution in [0.25, 0.3) is 0 Å². The summed E-state index contributed by atoms with van der Waals surface area (Å²) < 4.78 is 26.9. The zero-order valence-corrected chi connectivity index (χ0v) is 14.8. The molecule has 1 aromatic heterocycles. The van der Waals surface area contributed by atoms with Gasteiger partial charge in [0.25, 0.3) is 10.0 Å². The lowest BCUT2D eigenvalue weighted by molar-refractivity contribution is -0.124. The molecule has 1 aliphatic heterocycles. The lowest BCUT2D eigenvalue weighted by atomic mass is 10.2. The number of rotatable bonds is 6. The maximum absolute atomic E-state index is 12.6. The molecular weight excluding hydrogens is 322 g/mol. The van der Waals surface area contributed by atoms with Crippen molar-refractivity contribution in [3.05, 3.63) is 17.5 Å². The van der Waals surface area contributed by atoms with E-state index in [-0.39, 0.29) is 11.9 Å². The highest BCUT2D eigenvalue weighted by molar-refractivity contribution is 7.91. The van der Waals surface area contributed by atoms with Crippen LogP contribution >= 0.6 is 11.3 Å². The molecule has 0 bridgehead atoms. The first-order valence-electron chi connectivity index (χ1n) is 7.33. The Bertz CT molecular complexity index is 599. The number of sulfonamides is 1. The molecule has 2 heterocycles. The number of hydrogen-bond donors (Lipinski definition) is 1. The molecule has 8 heteroatoms. The van der Waals surface area contributed by atoms with Crippen molar-refractivity contribution in [2.75, 3.05) is 27.2 Å². The smallest absolute Gasteiger partial charge is 0.253 e. The molecule has 1 aromatic rings. The van der Waals surface area contributed by atoms with E-state index in [1.165, 1.54) is 15.6 Å². The highest BCUT2D eigenvalue weighted by Gasteiger charge is 2.39. The fourth-order valence-electron chi connectivity index (χ4n) is 2.36. The zero-order chi connectivity index (χ0) is 16.3. The second-order valence-electron chi connectivity index (χ2n) is 5.76. The molecule has 0 spiro atoms. The summed E-state index contributed by atoms with van der Waals surface area (Å²) >= 11 is 1.18. The van der Waals surface area contributed by atoms with Crippen LogP contribution in [0.3, 0.4) is 0 Å². The van der Waals surface area contributed by atoms with Crippen molar-refractivity contribution in [3.63, 3.8) is 0 Å². The molecule has 0 radical (unpaired) electrons. The van der Waals surface area contributed by atoms with Gasteiger partial charge in [0.1, 0.15) is 10.3 Å².